The van der Waals surface area contributed by atoms with Gasteiger partial charge in [0.25, 0.3) is 0 Å². The minimum Gasteiger partial charge on any atom is -0.423 e. The first-order chi connectivity index (χ1) is 5.24. The van der Waals surface area contributed by atoms with Crippen LogP contribution < -0.4 is 10.8 Å². The molecule has 0 atom stereocenters. The normalized spacial score (nSPS) is 9.36. The van der Waals surface area contributed by atoms with Gasteiger partial charge < -0.3 is 15.4 Å². The summed E-state index contributed by atoms with van der Waals surface area (Å²) in [6.07, 6.45) is 2.70. The summed E-state index contributed by atoms with van der Waals surface area (Å²) >= 11 is 0. The van der Waals surface area contributed by atoms with Gasteiger partial charge in [-0.3, -0.25) is 0 Å². The highest BCUT2D eigenvalue weighted by Crippen LogP contribution is 1.89. The number of nitrogens with one attached hydrogen (secondary N) is 1. The summed E-state index contributed by atoms with van der Waals surface area (Å²) < 4.78 is 0. The second-order valence-corrected chi connectivity index (χ2v) is 1.96. The Morgan fingerprint density at radius 1 is 1.36 bits per heavy atom. The first kappa shape index (κ1) is 7.97. The molecule has 0 aliphatic carbocycles. The smallest absolute Gasteiger partial charge is 0.423 e. The average Bonchev–Trinajstić information content (AvgIpc) is 2.05. The van der Waals surface area contributed by atoms with Gasteiger partial charge in [0.15, 0.2) is 0 Å². The van der Waals surface area contributed by atoms with Crippen molar-refractivity contribution in [3.05, 3.63) is 12.4 Å². The number of hydrogen-bond acceptors (Lipinski definition) is 5. The maximum atomic E-state index is 8.64. The van der Waals surface area contributed by atoms with Crippen LogP contribution in [-0.4, -0.2) is 34.2 Å². The van der Waals surface area contributed by atoms with Crippen molar-refractivity contribution in [2.45, 2.75) is 0 Å². The summed E-state index contributed by atoms with van der Waals surface area (Å²) in [6, 6.07) is 0. The Kier molecular flexibility index (Phi) is 2.40. The van der Waals surface area contributed by atoms with Gasteiger partial charge in [-0.1, -0.05) is 0 Å². The van der Waals surface area contributed by atoms with E-state index in [-0.39, 0.29) is 5.46 Å². The van der Waals surface area contributed by atoms with Crippen molar-refractivity contribution in [1.82, 2.24) is 9.97 Å². The molecular weight excluding hydrogens is 145 g/mol. The van der Waals surface area contributed by atoms with E-state index in [1.54, 1.807) is 7.05 Å². The van der Waals surface area contributed by atoms with Gasteiger partial charge in [0.05, 0.1) is 0 Å². The van der Waals surface area contributed by atoms with E-state index < -0.39 is 7.12 Å². The molecule has 0 saturated carbocycles. The van der Waals surface area contributed by atoms with E-state index in [1.807, 2.05) is 0 Å². The zero-order chi connectivity index (χ0) is 8.27. The molecule has 6 heteroatoms. The topological polar surface area (TPSA) is 78.3 Å². The van der Waals surface area contributed by atoms with Crippen molar-refractivity contribution in [3.8, 4) is 0 Å². The van der Waals surface area contributed by atoms with Crippen LogP contribution in [0.15, 0.2) is 12.4 Å². The molecule has 0 radical (unpaired) electrons. The highest BCUT2D eigenvalue weighted by atomic mass is 16.4. The van der Waals surface area contributed by atoms with Crippen molar-refractivity contribution in [2.75, 3.05) is 12.4 Å². The van der Waals surface area contributed by atoms with E-state index in [0.29, 0.717) is 5.95 Å². The second-order valence-electron chi connectivity index (χ2n) is 1.96. The number of hydrogen-bond donors (Lipinski definition) is 3. The third-order valence-electron chi connectivity index (χ3n) is 1.19. The van der Waals surface area contributed by atoms with Crippen LogP contribution in [0.25, 0.3) is 0 Å². The Hall–Kier alpha value is -1.14. The average molecular weight is 153 g/mol. The van der Waals surface area contributed by atoms with Gasteiger partial charge in [-0.2, -0.15) is 0 Å². The molecule has 58 valence electrons. The van der Waals surface area contributed by atoms with Gasteiger partial charge in [-0.15, -0.1) is 0 Å². The molecule has 3 N–H and O–H groups in total. The molecular formula is C5H8BN3O2. The van der Waals surface area contributed by atoms with E-state index >= 15 is 0 Å². The highest BCUT2D eigenvalue weighted by molar-refractivity contribution is 6.58. The van der Waals surface area contributed by atoms with Crippen LogP contribution in [0.2, 0.25) is 0 Å². The van der Waals surface area contributed by atoms with Crippen molar-refractivity contribution in [2.24, 2.45) is 0 Å². The first-order valence-electron chi connectivity index (χ1n) is 3.10. The van der Waals surface area contributed by atoms with Crippen LogP contribution in [0, 0.1) is 0 Å². The first-order valence-corrected chi connectivity index (χ1v) is 3.10. The minimum absolute atomic E-state index is 0.281. The Morgan fingerprint density at radius 3 is 2.27 bits per heavy atom. The molecule has 1 aromatic rings. The molecule has 0 aliphatic rings. The van der Waals surface area contributed by atoms with Crippen LogP contribution in [0.1, 0.15) is 0 Å². The summed E-state index contributed by atoms with van der Waals surface area (Å²) in [7, 11) is 0.186. The van der Waals surface area contributed by atoms with Gasteiger partial charge in [0, 0.05) is 24.9 Å². The third kappa shape index (κ3) is 1.89. The molecule has 0 aromatic carbocycles. The summed E-state index contributed by atoms with van der Waals surface area (Å²) in [5, 5.41) is 20.0. The maximum absolute atomic E-state index is 8.64. The lowest BCUT2D eigenvalue weighted by Crippen LogP contribution is -2.30. The Balaban J connectivity index is 2.83. The van der Waals surface area contributed by atoms with E-state index in [1.165, 1.54) is 12.4 Å². The van der Waals surface area contributed by atoms with Crippen LogP contribution in [0.5, 0.6) is 0 Å². The minimum atomic E-state index is -1.50. The van der Waals surface area contributed by atoms with E-state index in [9.17, 15) is 0 Å². The molecule has 1 rings (SSSR count). The van der Waals surface area contributed by atoms with Gasteiger partial charge >= 0.3 is 7.12 Å². The molecule has 0 aliphatic heterocycles. The van der Waals surface area contributed by atoms with Crippen LogP contribution in [0.3, 0.4) is 0 Å². The van der Waals surface area contributed by atoms with E-state index in [0.717, 1.165) is 0 Å². The largest absolute Gasteiger partial charge is 0.491 e. The molecule has 0 amide bonds. The maximum Gasteiger partial charge on any atom is 0.491 e. The zero-order valence-electron chi connectivity index (χ0n) is 6.02. The van der Waals surface area contributed by atoms with Crippen molar-refractivity contribution in [1.29, 1.82) is 0 Å². The highest BCUT2D eigenvalue weighted by Gasteiger charge is 2.10. The Labute approximate surface area is 64.3 Å². The summed E-state index contributed by atoms with van der Waals surface area (Å²) in [4.78, 5) is 7.55. The predicted octanol–water partition coefficient (Wildman–Crippen LogP) is -1.80. The summed E-state index contributed by atoms with van der Waals surface area (Å²) in [5.41, 5.74) is 0.281. The Morgan fingerprint density at radius 2 is 1.91 bits per heavy atom. The fourth-order valence-electron chi connectivity index (χ4n) is 0.600. The van der Waals surface area contributed by atoms with Gasteiger partial charge in [-0.25, -0.2) is 9.97 Å². The summed E-state index contributed by atoms with van der Waals surface area (Å²) in [5.74, 6) is 0.453. The summed E-state index contributed by atoms with van der Waals surface area (Å²) in [6.45, 7) is 0. The molecule has 11 heavy (non-hydrogen) atoms. The third-order valence-corrected chi connectivity index (χ3v) is 1.19. The van der Waals surface area contributed by atoms with Crippen LogP contribution >= 0.6 is 0 Å². The fraction of sp³-hybridized carbons (Fsp3) is 0.200. The van der Waals surface area contributed by atoms with Crippen molar-refractivity contribution >= 4 is 18.5 Å². The van der Waals surface area contributed by atoms with Crippen molar-refractivity contribution in [3.63, 3.8) is 0 Å². The number of aromatic nitrogens is 2. The molecule has 0 unspecified atom stereocenters. The lowest BCUT2D eigenvalue weighted by molar-refractivity contribution is 0.425. The second kappa shape index (κ2) is 3.31. The standard InChI is InChI=1S/C5H8BN3O2/c1-7-5-8-2-4(3-9-5)6(10)11/h2-3,10-11H,1H3,(H,7,8,9). The Bertz CT molecular complexity index is 226. The fourth-order valence-corrected chi connectivity index (χ4v) is 0.600. The molecule has 1 aromatic heterocycles. The quantitative estimate of drug-likeness (QED) is 0.437. The molecule has 0 saturated heterocycles. The van der Waals surface area contributed by atoms with Crippen LogP contribution in [-0.2, 0) is 0 Å². The number of nitrogens with zero attached hydrogens (tertiary/aromatic N) is 2. The number of anilines is 1. The molecule has 1 heterocycles. The van der Waals surface area contributed by atoms with Crippen molar-refractivity contribution < 1.29 is 10.0 Å². The SMILES string of the molecule is CNc1ncc(B(O)O)cn1. The zero-order valence-corrected chi connectivity index (χ0v) is 6.02. The molecule has 0 spiro atoms. The number of rotatable bonds is 2. The van der Waals surface area contributed by atoms with Gasteiger partial charge in [0.1, 0.15) is 0 Å². The molecule has 0 fully saturated rings. The van der Waals surface area contributed by atoms with Gasteiger partial charge in [-0.05, 0) is 0 Å². The monoisotopic (exact) mass is 153 g/mol. The lowest BCUT2D eigenvalue weighted by Gasteiger charge is -1.99. The van der Waals surface area contributed by atoms with E-state index in [4.69, 9.17) is 10.0 Å². The predicted molar refractivity (Wildman–Crippen MR) is 41.4 cm³/mol. The van der Waals surface area contributed by atoms with Crippen LogP contribution in [0.4, 0.5) is 5.95 Å². The van der Waals surface area contributed by atoms with Gasteiger partial charge in [0.2, 0.25) is 5.95 Å². The molecule has 5 nitrogen and oxygen atoms in total. The molecule has 0 bridgehead atoms. The van der Waals surface area contributed by atoms with E-state index in [2.05, 4.69) is 15.3 Å². The lowest BCUT2D eigenvalue weighted by atomic mass is 9.83.